The number of nitrogens with zero attached hydrogens (tertiary/aromatic N) is 2. The molecule has 1 aliphatic rings. The van der Waals surface area contributed by atoms with Crippen LogP contribution in [0.5, 0.6) is 0 Å². The molecule has 1 aromatic rings. The number of carbonyl (C=O) groups is 2. The van der Waals surface area contributed by atoms with Crippen molar-refractivity contribution in [2.45, 2.75) is 25.2 Å². The third-order valence-corrected chi connectivity index (χ3v) is 3.34. The number of rotatable bonds is 7. The van der Waals surface area contributed by atoms with Crippen LogP contribution in [0.15, 0.2) is 17.1 Å². The van der Waals surface area contributed by atoms with E-state index < -0.39 is 23.9 Å². The minimum Gasteiger partial charge on any atom is -0.467 e. The van der Waals surface area contributed by atoms with E-state index in [2.05, 4.69) is 9.72 Å². The van der Waals surface area contributed by atoms with Crippen LogP contribution in [0.1, 0.15) is 19.1 Å². The highest BCUT2D eigenvalue weighted by molar-refractivity contribution is 5.73. The number of nitrogens with two attached hydrogens (primary N) is 1. The Morgan fingerprint density at radius 1 is 1.38 bits per heavy atom. The highest BCUT2D eigenvalue weighted by atomic mass is 16.6. The van der Waals surface area contributed by atoms with Gasteiger partial charge in [0.2, 0.25) is 0 Å². The third-order valence-electron chi connectivity index (χ3n) is 3.34. The van der Waals surface area contributed by atoms with E-state index in [-0.39, 0.29) is 31.7 Å². The Morgan fingerprint density at radius 3 is 2.83 bits per heavy atom. The summed E-state index contributed by atoms with van der Waals surface area (Å²) in [6, 6.07) is 1.51. The number of anilines is 1. The molecule has 2 unspecified atom stereocenters. The molecule has 2 atom stereocenters. The fourth-order valence-electron chi connectivity index (χ4n) is 2.16. The number of carbonyl (C=O) groups excluding carboxylic acids is 2. The lowest BCUT2D eigenvalue weighted by Crippen LogP contribution is -2.28. The van der Waals surface area contributed by atoms with Gasteiger partial charge >= 0.3 is 17.6 Å². The van der Waals surface area contributed by atoms with Crippen LogP contribution in [-0.4, -0.2) is 54.5 Å². The van der Waals surface area contributed by atoms with Gasteiger partial charge in [0.05, 0.1) is 13.2 Å². The molecule has 10 heteroatoms. The average molecular weight is 341 g/mol. The van der Waals surface area contributed by atoms with Crippen LogP contribution in [0.25, 0.3) is 0 Å². The zero-order chi connectivity index (χ0) is 17.5. The van der Waals surface area contributed by atoms with E-state index >= 15 is 0 Å². The molecule has 1 aliphatic heterocycles. The van der Waals surface area contributed by atoms with E-state index in [1.54, 1.807) is 0 Å². The predicted octanol–water partition coefficient (Wildman–Crippen LogP) is -0.764. The monoisotopic (exact) mass is 341 g/mol. The van der Waals surface area contributed by atoms with Crippen LogP contribution >= 0.6 is 0 Å². The Kier molecular flexibility index (Phi) is 6.27. The number of nitrogen functional groups attached to an aromatic ring is 1. The topological polar surface area (TPSA) is 132 Å². The number of aromatic nitrogens is 2. The van der Waals surface area contributed by atoms with Crippen LogP contribution in [-0.2, 0) is 28.5 Å². The molecule has 24 heavy (non-hydrogen) atoms. The maximum atomic E-state index is 11.8. The molecule has 0 spiro atoms. The fourth-order valence-corrected chi connectivity index (χ4v) is 2.16. The Morgan fingerprint density at radius 2 is 2.12 bits per heavy atom. The smallest absolute Gasteiger partial charge is 0.351 e. The predicted molar refractivity (Wildman–Crippen MR) is 79.8 cm³/mol. The van der Waals surface area contributed by atoms with Crippen molar-refractivity contribution >= 4 is 17.8 Å². The Labute approximate surface area is 137 Å². The lowest BCUT2D eigenvalue weighted by atomic mass is 10.2. The molecule has 1 fully saturated rings. The van der Waals surface area contributed by atoms with Crippen molar-refractivity contribution in [3.63, 3.8) is 0 Å². The molecule has 0 aliphatic carbocycles. The first kappa shape index (κ1) is 17.9. The summed E-state index contributed by atoms with van der Waals surface area (Å²) in [6.45, 7) is -0.638. The molecule has 10 nitrogen and oxygen atoms in total. The number of methoxy groups -OCH3 is 1. The van der Waals surface area contributed by atoms with Crippen LogP contribution in [0.3, 0.4) is 0 Å². The first-order valence-electron chi connectivity index (χ1n) is 7.30. The van der Waals surface area contributed by atoms with Gasteiger partial charge in [-0.1, -0.05) is 0 Å². The minimum atomic E-state index is -0.614. The molecule has 1 aromatic heterocycles. The molecule has 0 saturated carbocycles. The van der Waals surface area contributed by atoms with Gasteiger partial charge in [0.15, 0.2) is 0 Å². The van der Waals surface area contributed by atoms with E-state index in [1.165, 1.54) is 23.9 Å². The standard InChI is InChI=1S/C14H19N3O7/c1-21-12(18)7-22-8-13(19)23-6-9-2-3-11(24-9)17-5-4-10(15)16-14(17)20/h4-5,9,11H,2-3,6-8H2,1H3,(H2,15,16,20). The van der Waals surface area contributed by atoms with Crippen molar-refractivity contribution in [1.29, 1.82) is 0 Å². The van der Waals surface area contributed by atoms with Gasteiger partial charge in [0, 0.05) is 6.20 Å². The van der Waals surface area contributed by atoms with Gasteiger partial charge in [-0.2, -0.15) is 4.98 Å². The summed E-state index contributed by atoms with van der Waals surface area (Å²) in [7, 11) is 1.22. The van der Waals surface area contributed by atoms with E-state index in [4.69, 9.17) is 19.9 Å². The molecule has 2 rings (SSSR count). The molecule has 0 bridgehead atoms. The summed E-state index contributed by atoms with van der Waals surface area (Å²) in [5.41, 5.74) is 4.95. The fraction of sp³-hybridized carbons (Fsp3) is 0.571. The lowest BCUT2D eigenvalue weighted by Gasteiger charge is -2.15. The summed E-state index contributed by atoms with van der Waals surface area (Å²) in [5, 5.41) is 0. The number of hydrogen-bond donors (Lipinski definition) is 1. The molecular weight excluding hydrogens is 322 g/mol. The maximum Gasteiger partial charge on any atom is 0.351 e. The molecule has 0 aromatic carbocycles. The summed E-state index contributed by atoms with van der Waals surface area (Å²) >= 11 is 0. The van der Waals surface area contributed by atoms with Crippen molar-refractivity contribution in [1.82, 2.24) is 9.55 Å². The lowest BCUT2D eigenvalue weighted by molar-refractivity contribution is -0.157. The average Bonchev–Trinajstić information content (AvgIpc) is 3.01. The van der Waals surface area contributed by atoms with Gasteiger partial charge < -0.3 is 24.7 Å². The van der Waals surface area contributed by atoms with Crippen molar-refractivity contribution < 1.29 is 28.5 Å². The quantitative estimate of drug-likeness (QED) is 0.635. The molecule has 2 heterocycles. The number of hydrogen-bond acceptors (Lipinski definition) is 9. The van der Waals surface area contributed by atoms with Gasteiger partial charge in [-0.3, -0.25) is 4.57 Å². The van der Waals surface area contributed by atoms with E-state index in [9.17, 15) is 14.4 Å². The van der Waals surface area contributed by atoms with Gasteiger partial charge in [-0.15, -0.1) is 0 Å². The third kappa shape index (κ3) is 5.03. The summed E-state index contributed by atoms with van der Waals surface area (Å²) in [6.07, 6.45) is 1.93. The van der Waals surface area contributed by atoms with Gasteiger partial charge in [0.1, 0.15) is 31.9 Å². The van der Waals surface area contributed by atoms with Crippen LogP contribution in [0.4, 0.5) is 5.82 Å². The first-order valence-corrected chi connectivity index (χ1v) is 7.30. The second-order valence-electron chi connectivity index (χ2n) is 5.08. The highest BCUT2D eigenvalue weighted by Gasteiger charge is 2.28. The zero-order valence-electron chi connectivity index (χ0n) is 13.2. The Bertz CT molecular complexity index is 646. The molecule has 0 radical (unpaired) electrons. The maximum absolute atomic E-state index is 11.8. The van der Waals surface area contributed by atoms with Gasteiger partial charge in [-0.25, -0.2) is 14.4 Å². The van der Waals surface area contributed by atoms with E-state index in [0.29, 0.717) is 12.8 Å². The van der Waals surface area contributed by atoms with Crippen molar-refractivity contribution in [3.05, 3.63) is 22.7 Å². The van der Waals surface area contributed by atoms with Crippen LogP contribution < -0.4 is 11.4 Å². The number of ether oxygens (including phenoxy) is 4. The van der Waals surface area contributed by atoms with Gasteiger partial charge in [0.25, 0.3) is 0 Å². The Hall–Kier alpha value is -2.46. The molecule has 1 saturated heterocycles. The van der Waals surface area contributed by atoms with Crippen molar-refractivity contribution in [3.8, 4) is 0 Å². The van der Waals surface area contributed by atoms with Crippen molar-refractivity contribution in [2.75, 3.05) is 32.7 Å². The normalized spacial score (nSPS) is 19.9. The second-order valence-corrected chi connectivity index (χ2v) is 5.08. The molecule has 2 N–H and O–H groups in total. The highest BCUT2D eigenvalue weighted by Crippen LogP contribution is 2.27. The number of esters is 2. The SMILES string of the molecule is COC(=O)COCC(=O)OCC1CCC(n2ccc(N)nc2=O)O1. The summed E-state index contributed by atoms with van der Waals surface area (Å²) in [5.74, 6) is -1.05. The minimum absolute atomic E-state index is 0.0358. The largest absolute Gasteiger partial charge is 0.467 e. The zero-order valence-corrected chi connectivity index (χ0v) is 13.2. The van der Waals surface area contributed by atoms with E-state index in [1.807, 2.05) is 0 Å². The molecular formula is C14H19N3O7. The van der Waals surface area contributed by atoms with Crippen LogP contribution in [0, 0.1) is 0 Å². The molecule has 132 valence electrons. The van der Waals surface area contributed by atoms with E-state index in [0.717, 1.165) is 0 Å². The molecule has 0 amide bonds. The van der Waals surface area contributed by atoms with Crippen LogP contribution in [0.2, 0.25) is 0 Å². The van der Waals surface area contributed by atoms with Gasteiger partial charge in [-0.05, 0) is 18.9 Å². The second kappa shape index (κ2) is 8.41. The summed E-state index contributed by atoms with van der Waals surface area (Å²) < 4.78 is 21.2. The first-order chi connectivity index (χ1) is 11.5. The Balaban J connectivity index is 1.73. The summed E-state index contributed by atoms with van der Waals surface area (Å²) in [4.78, 5) is 37.7. The van der Waals surface area contributed by atoms with Crippen molar-refractivity contribution in [2.24, 2.45) is 0 Å².